The molecule has 21 heavy (non-hydrogen) atoms. The van der Waals surface area contributed by atoms with Gasteiger partial charge in [-0.15, -0.1) is 0 Å². The van der Waals surface area contributed by atoms with Gasteiger partial charge >= 0.3 is 0 Å². The van der Waals surface area contributed by atoms with Crippen molar-refractivity contribution in [3.8, 4) is 5.75 Å². The van der Waals surface area contributed by atoms with Crippen LogP contribution in [-0.4, -0.2) is 13.2 Å². The maximum Gasteiger partial charge on any atom is 0.122 e. The molecule has 2 aromatic carbocycles. The summed E-state index contributed by atoms with van der Waals surface area (Å²) in [5, 5.41) is 4.36. The Bertz CT molecular complexity index is 654. The molecule has 2 nitrogen and oxygen atoms in total. The van der Waals surface area contributed by atoms with Crippen molar-refractivity contribution in [3.05, 3.63) is 63.7 Å². The first-order chi connectivity index (χ1) is 10.2. The second kappa shape index (κ2) is 6.08. The Hall–Kier alpha value is -1.51. The summed E-state index contributed by atoms with van der Waals surface area (Å²) in [6.07, 6.45) is 0.990. The molecule has 0 fully saturated rings. The van der Waals surface area contributed by atoms with Crippen LogP contribution in [0.1, 0.15) is 35.2 Å². The number of benzene rings is 2. The molecule has 110 valence electrons. The van der Waals surface area contributed by atoms with Crippen LogP contribution in [0.5, 0.6) is 5.75 Å². The van der Waals surface area contributed by atoms with E-state index in [2.05, 4.69) is 49.5 Å². The Labute approximate surface area is 131 Å². The zero-order valence-electron chi connectivity index (χ0n) is 12.4. The Morgan fingerprint density at radius 2 is 2.10 bits per heavy atom. The predicted molar refractivity (Wildman–Crippen MR) is 87.3 cm³/mol. The number of fused-ring (bicyclic) bond motifs is 1. The topological polar surface area (TPSA) is 21.3 Å². The smallest absolute Gasteiger partial charge is 0.122 e. The molecular formula is C18H20ClNO. The molecule has 0 saturated carbocycles. The summed E-state index contributed by atoms with van der Waals surface area (Å²) < 4.78 is 5.59. The van der Waals surface area contributed by atoms with Gasteiger partial charge in [-0.3, -0.25) is 0 Å². The molecule has 3 rings (SSSR count). The standard InChI is InChI=1S/C18H20ClNO/c1-3-20-18(15-6-4-12(2)10-16(15)19)14-5-7-17-13(11-14)8-9-21-17/h4-7,10-11,18,20H,3,8-9H2,1-2H3. The molecule has 0 aliphatic carbocycles. The Kier molecular flexibility index (Phi) is 4.18. The van der Waals surface area contributed by atoms with Crippen LogP contribution in [-0.2, 0) is 6.42 Å². The number of halogens is 1. The number of nitrogens with one attached hydrogen (secondary N) is 1. The monoisotopic (exact) mass is 301 g/mol. The van der Waals surface area contributed by atoms with E-state index in [9.17, 15) is 0 Å². The predicted octanol–water partition coefficient (Wildman–Crippen LogP) is 4.28. The largest absolute Gasteiger partial charge is 0.493 e. The molecule has 0 spiro atoms. The number of hydrogen-bond donors (Lipinski definition) is 1. The zero-order valence-corrected chi connectivity index (χ0v) is 13.2. The molecule has 0 aromatic heterocycles. The normalized spacial score (nSPS) is 14.6. The molecule has 0 saturated heterocycles. The van der Waals surface area contributed by atoms with Crippen LogP contribution in [0.4, 0.5) is 0 Å². The van der Waals surface area contributed by atoms with Crippen molar-refractivity contribution in [3.63, 3.8) is 0 Å². The Balaban J connectivity index is 2.01. The second-order valence-electron chi connectivity index (χ2n) is 5.48. The summed E-state index contributed by atoms with van der Waals surface area (Å²) in [5.41, 5.74) is 4.84. The lowest BCUT2D eigenvalue weighted by Gasteiger charge is -2.21. The maximum atomic E-state index is 6.46. The van der Waals surface area contributed by atoms with Crippen molar-refractivity contribution >= 4 is 11.6 Å². The Morgan fingerprint density at radius 3 is 2.86 bits per heavy atom. The van der Waals surface area contributed by atoms with Gasteiger partial charge in [-0.1, -0.05) is 42.8 Å². The van der Waals surface area contributed by atoms with Crippen molar-refractivity contribution in [2.24, 2.45) is 0 Å². The van der Waals surface area contributed by atoms with Gasteiger partial charge in [0.25, 0.3) is 0 Å². The fourth-order valence-corrected chi connectivity index (χ4v) is 3.21. The lowest BCUT2D eigenvalue weighted by Crippen LogP contribution is -2.22. The quantitative estimate of drug-likeness (QED) is 0.910. The summed E-state index contributed by atoms with van der Waals surface area (Å²) in [6.45, 7) is 5.86. The van der Waals surface area contributed by atoms with Gasteiger partial charge < -0.3 is 10.1 Å². The van der Waals surface area contributed by atoms with Gasteiger partial charge in [-0.2, -0.15) is 0 Å². The number of ether oxygens (including phenoxy) is 1. The van der Waals surface area contributed by atoms with E-state index in [0.717, 1.165) is 35.9 Å². The van der Waals surface area contributed by atoms with Crippen LogP contribution in [0.15, 0.2) is 36.4 Å². The van der Waals surface area contributed by atoms with Crippen LogP contribution >= 0.6 is 11.6 Å². The van der Waals surface area contributed by atoms with Crippen molar-refractivity contribution in [1.29, 1.82) is 0 Å². The highest BCUT2D eigenvalue weighted by molar-refractivity contribution is 6.31. The van der Waals surface area contributed by atoms with Gasteiger partial charge in [0.05, 0.1) is 12.6 Å². The third-order valence-electron chi connectivity index (χ3n) is 3.92. The van der Waals surface area contributed by atoms with Crippen molar-refractivity contribution in [1.82, 2.24) is 5.32 Å². The summed E-state index contributed by atoms with van der Waals surface area (Å²) in [4.78, 5) is 0. The molecule has 1 unspecified atom stereocenters. The summed E-state index contributed by atoms with van der Waals surface area (Å²) in [7, 11) is 0. The number of aryl methyl sites for hydroxylation is 1. The van der Waals surface area contributed by atoms with E-state index in [1.165, 1.54) is 16.7 Å². The summed E-state index contributed by atoms with van der Waals surface area (Å²) in [5.74, 6) is 1.02. The van der Waals surface area contributed by atoms with Gasteiger partial charge in [-0.05, 0) is 47.9 Å². The summed E-state index contributed by atoms with van der Waals surface area (Å²) >= 11 is 6.46. The minimum atomic E-state index is 0.119. The van der Waals surface area contributed by atoms with Crippen LogP contribution in [0.2, 0.25) is 5.02 Å². The minimum Gasteiger partial charge on any atom is -0.493 e. The van der Waals surface area contributed by atoms with E-state index >= 15 is 0 Å². The lowest BCUT2D eigenvalue weighted by molar-refractivity contribution is 0.357. The molecule has 2 aromatic rings. The van der Waals surface area contributed by atoms with Crippen LogP contribution < -0.4 is 10.1 Å². The van der Waals surface area contributed by atoms with Crippen LogP contribution in [0, 0.1) is 6.92 Å². The van der Waals surface area contributed by atoms with Crippen molar-refractivity contribution in [2.75, 3.05) is 13.2 Å². The van der Waals surface area contributed by atoms with Gasteiger partial charge in [0.2, 0.25) is 0 Å². The molecule has 1 aliphatic heterocycles. The Morgan fingerprint density at radius 1 is 1.24 bits per heavy atom. The molecule has 0 amide bonds. The SMILES string of the molecule is CCNC(c1ccc2c(c1)CCO2)c1ccc(C)cc1Cl. The van der Waals surface area contributed by atoms with E-state index in [1.807, 2.05) is 6.07 Å². The average Bonchev–Trinajstić information content (AvgIpc) is 2.93. The van der Waals surface area contributed by atoms with Gasteiger partial charge in [-0.25, -0.2) is 0 Å². The molecule has 3 heteroatoms. The molecule has 1 atom stereocenters. The van der Waals surface area contributed by atoms with Crippen molar-refractivity contribution in [2.45, 2.75) is 26.3 Å². The second-order valence-corrected chi connectivity index (χ2v) is 5.89. The number of rotatable bonds is 4. The van der Waals surface area contributed by atoms with Gasteiger partial charge in [0, 0.05) is 11.4 Å². The highest BCUT2D eigenvalue weighted by atomic mass is 35.5. The highest BCUT2D eigenvalue weighted by Crippen LogP contribution is 2.33. The van der Waals surface area contributed by atoms with E-state index in [1.54, 1.807) is 0 Å². The first kappa shape index (κ1) is 14.4. The molecule has 0 bridgehead atoms. The van der Waals surface area contributed by atoms with E-state index in [-0.39, 0.29) is 6.04 Å². The van der Waals surface area contributed by atoms with E-state index in [4.69, 9.17) is 16.3 Å². The minimum absolute atomic E-state index is 0.119. The number of hydrogen-bond acceptors (Lipinski definition) is 2. The lowest BCUT2D eigenvalue weighted by atomic mass is 9.95. The van der Waals surface area contributed by atoms with Gasteiger partial charge in [0.1, 0.15) is 5.75 Å². The van der Waals surface area contributed by atoms with E-state index < -0.39 is 0 Å². The third-order valence-corrected chi connectivity index (χ3v) is 4.25. The van der Waals surface area contributed by atoms with Gasteiger partial charge in [0.15, 0.2) is 0 Å². The average molecular weight is 302 g/mol. The van der Waals surface area contributed by atoms with Crippen molar-refractivity contribution < 1.29 is 4.74 Å². The highest BCUT2D eigenvalue weighted by Gasteiger charge is 2.19. The zero-order chi connectivity index (χ0) is 14.8. The first-order valence-corrected chi connectivity index (χ1v) is 7.82. The van der Waals surface area contributed by atoms with Crippen LogP contribution in [0.25, 0.3) is 0 Å². The molecular weight excluding hydrogens is 282 g/mol. The van der Waals surface area contributed by atoms with Crippen LogP contribution in [0.3, 0.4) is 0 Å². The van der Waals surface area contributed by atoms with E-state index in [0.29, 0.717) is 0 Å². The first-order valence-electron chi connectivity index (χ1n) is 7.44. The molecule has 1 aliphatic rings. The fraction of sp³-hybridized carbons (Fsp3) is 0.333. The maximum absolute atomic E-state index is 6.46. The molecule has 0 radical (unpaired) electrons. The summed E-state index contributed by atoms with van der Waals surface area (Å²) in [6, 6.07) is 12.8. The molecule has 1 heterocycles. The molecule has 1 N–H and O–H groups in total. The third kappa shape index (κ3) is 2.92. The fourth-order valence-electron chi connectivity index (χ4n) is 2.86.